The average Bonchev–Trinajstić information content (AvgIpc) is 2.33. The van der Waals surface area contributed by atoms with Crippen LogP contribution in [0.3, 0.4) is 0 Å². The molecule has 0 heteroatoms. The Labute approximate surface area is 104 Å². The van der Waals surface area contributed by atoms with Crippen LogP contribution in [0.5, 0.6) is 0 Å². The van der Waals surface area contributed by atoms with Gasteiger partial charge in [0, 0.05) is 0 Å². The lowest BCUT2D eigenvalue weighted by Gasteiger charge is -2.18. The molecule has 0 amide bonds. The molecule has 2 rings (SSSR count). The quantitative estimate of drug-likeness (QED) is 0.666. The van der Waals surface area contributed by atoms with Crippen LogP contribution in [0, 0.1) is 13.8 Å². The lowest BCUT2D eigenvalue weighted by Crippen LogP contribution is -1.98. The third-order valence-electron chi connectivity index (χ3n) is 3.45. The molecule has 0 nitrogen and oxygen atoms in total. The molecule has 0 N–H and O–H groups in total. The van der Waals surface area contributed by atoms with E-state index in [9.17, 15) is 0 Å². The van der Waals surface area contributed by atoms with Crippen molar-refractivity contribution >= 4 is 0 Å². The SMILES string of the molecule is Cc1ccc(-c2ccccc2)c(C(C)C)c1C. The van der Waals surface area contributed by atoms with E-state index in [1.807, 2.05) is 0 Å². The molecule has 0 aromatic heterocycles. The van der Waals surface area contributed by atoms with Gasteiger partial charge < -0.3 is 0 Å². The predicted molar refractivity (Wildman–Crippen MR) is 75.4 cm³/mol. The Hall–Kier alpha value is -1.56. The van der Waals surface area contributed by atoms with Crippen LogP contribution >= 0.6 is 0 Å². The lowest BCUT2D eigenvalue weighted by atomic mass is 9.87. The minimum absolute atomic E-state index is 0.560. The van der Waals surface area contributed by atoms with Gasteiger partial charge in [0.25, 0.3) is 0 Å². The first-order valence-corrected chi connectivity index (χ1v) is 6.26. The summed E-state index contributed by atoms with van der Waals surface area (Å²) in [6.07, 6.45) is 0. The molecule has 2 aromatic carbocycles. The Bertz CT molecular complexity index is 507. The summed E-state index contributed by atoms with van der Waals surface area (Å²) in [6, 6.07) is 15.1. The van der Waals surface area contributed by atoms with Gasteiger partial charge in [0.2, 0.25) is 0 Å². The molecule has 0 aliphatic carbocycles. The Morgan fingerprint density at radius 3 is 2.06 bits per heavy atom. The third-order valence-corrected chi connectivity index (χ3v) is 3.45. The van der Waals surface area contributed by atoms with Crippen LogP contribution in [-0.2, 0) is 0 Å². The van der Waals surface area contributed by atoms with Crippen molar-refractivity contribution in [3.8, 4) is 11.1 Å². The van der Waals surface area contributed by atoms with E-state index in [1.54, 1.807) is 0 Å². The Kier molecular flexibility index (Phi) is 3.33. The normalized spacial score (nSPS) is 10.9. The highest BCUT2D eigenvalue weighted by molar-refractivity contribution is 5.70. The second kappa shape index (κ2) is 4.75. The molecule has 0 saturated carbocycles. The molecule has 88 valence electrons. The van der Waals surface area contributed by atoms with E-state index in [0.717, 1.165) is 0 Å². The van der Waals surface area contributed by atoms with E-state index in [0.29, 0.717) is 5.92 Å². The second-order valence-corrected chi connectivity index (χ2v) is 4.99. The molecular formula is C17H20. The van der Waals surface area contributed by atoms with Crippen molar-refractivity contribution < 1.29 is 0 Å². The summed E-state index contributed by atoms with van der Waals surface area (Å²) in [5.41, 5.74) is 6.99. The number of rotatable bonds is 2. The van der Waals surface area contributed by atoms with Gasteiger partial charge in [0.05, 0.1) is 0 Å². The van der Waals surface area contributed by atoms with Crippen LogP contribution in [0.4, 0.5) is 0 Å². The van der Waals surface area contributed by atoms with Crippen molar-refractivity contribution in [2.45, 2.75) is 33.6 Å². The van der Waals surface area contributed by atoms with E-state index in [1.165, 1.54) is 27.8 Å². The maximum absolute atomic E-state index is 2.27. The minimum atomic E-state index is 0.560. The predicted octanol–water partition coefficient (Wildman–Crippen LogP) is 5.09. The fourth-order valence-corrected chi connectivity index (χ4v) is 2.45. The van der Waals surface area contributed by atoms with Crippen LogP contribution in [-0.4, -0.2) is 0 Å². The standard InChI is InChI=1S/C17H20/c1-12(2)17-14(4)13(3)10-11-16(17)15-8-6-5-7-9-15/h5-12H,1-4H3. The van der Waals surface area contributed by atoms with Crippen LogP contribution in [0.25, 0.3) is 11.1 Å². The Morgan fingerprint density at radius 1 is 0.824 bits per heavy atom. The van der Waals surface area contributed by atoms with E-state index >= 15 is 0 Å². The molecule has 0 radical (unpaired) electrons. The molecule has 0 atom stereocenters. The summed E-state index contributed by atoms with van der Waals surface area (Å²) in [6.45, 7) is 8.97. The molecule has 0 spiro atoms. The van der Waals surface area contributed by atoms with E-state index in [4.69, 9.17) is 0 Å². The maximum Gasteiger partial charge on any atom is -0.0146 e. The zero-order valence-corrected chi connectivity index (χ0v) is 11.1. The number of hydrogen-bond donors (Lipinski definition) is 0. The monoisotopic (exact) mass is 224 g/mol. The van der Waals surface area contributed by atoms with Gasteiger partial charge in [-0.05, 0) is 47.6 Å². The molecule has 0 aliphatic heterocycles. The number of benzene rings is 2. The van der Waals surface area contributed by atoms with Crippen molar-refractivity contribution in [1.29, 1.82) is 0 Å². The molecule has 0 heterocycles. The van der Waals surface area contributed by atoms with Crippen molar-refractivity contribution in [3.63, 3.8) is 0 Å². The van der Waals surface area contributed by atoms with Crippen LogP contribution < -0.4 is 0 Å². The van der Waals surface area contributed by atoms with E-state index in [-0.39, 0.29) is 0 Å². The van der Waals surface area contributed by atoms with Crippen molar-refractivity contribution in [2.24, 2.45) is 0 Å². The molecule has 0 unspecified atom stereocenters. The van der Waals surface area contributed by atoms with Crippen LogP contribution in [0.1, 0.15) is 36.5 Å². The van der Waals surface area contributed by atoms with Crippen molar-refractivity contribution in [1.82, 2.24) is 0 Å². The zero-order valence-electron chi connectivity index (χ0n) is 11.1. The van der Waals surface area contributed by atoms with Gasteiger partial charge in [-0.3, -0.25) is 0 Å². The van der Waals surface area contributed by atoms with Gasteiger partial charge in [0.15, 0.2) is 0 Å². The summed E-state index contributed by atoms with van der Waals surface area (Å²) in [7, 11) is 0. The molecule has 0 saturated heterocycles. The first-order valence-electron chi connectivity index (χ1n) is 6.26. The van der Waals surface area contributed by atoms with Gasteiger partial charge in [0.1, 0.15) is 0 Å². The Morgan fingerprint density at radius 2 is 1.47 bits per heavy atom. The van der Waals surface area contributed by atoms with Gasteiger partial charge in [-0.1, -0.05) is 56.3 Å². The number of hydrogen-bond acceptors (Lipinski definition) is 0. The molecule has 0 fully saturated rings. The smallest absolute Gasteiger partial charge is 0.0146 e. The molecular weight excluding hydrogens is 204 g/mol. The van der Waals surface area contributed by atoms with Gasteiger partial charge in [-0.2, -0.15) is 0 Å². The zero-order chi connectivity index (χ0) is 12.4. The molecule has 0 bridgehead atoms. The van der Waals surface area contributed by atoms with Gasteiger partial charge in [-0.25, -0.2) is 0 Å². The van der Waals surface area contributed by atoms with Crippen LogP contribution in [0.15, 0.2) is 42.5 Å². The first-order chi connectivity index (χ1) is 8.11. The van der Waals surface area contributed by atoms with E-state index < -0.39 is 0 Å². The topological polar surface area (TPSA) is 0 Å². The van der Waals surface area contributed by atoms with Crippen molar-refractivity contribution in [2.75, 3.05) is 0 Å². The van der Waals surface area contributed by atoms with E-state index in [2.05, 4.69) is 70.2 Å². The first kappa shape index (κ1) is 11.9. The highest BCUT2D eigenvalue weighted by Gasteiger charge is 2.12. The summed E-state index contributed by atoms with van der Waals surface area (Å²) >= 11 is 0. The summed E-state index contributed by atoms with van der Waals surface area (Å²) in [5.74, 6) is 0.560. The van der Waals surface area contributed by atoms with Gasteiger partial charge >= 0.3 is 0 Å². The maximum atomic E-state index is 2.27. The summed E-state index contributed by atoms with van der Waals surface area (Å²) in [4.78, 5) is 0. The largest absolute Gasteiger partial charge is 0.0622 e. The number of aryl methyl sites for hydroxylation is 1. The fraction of sp³-hybridized carbons (Fsp3) is 0.294. The van der Waals surface area contributed by atoms with Crippen LogP contribution in [0.2, 0.25) is 0 Å². The summed E-state index contributed by atoms with van der Waals surface area (Å²) in [5, 5.41) is 0. The highest BCUT2D eigenvalue weighted by Crippen LogP contribution is 2.33. The molecule has 17 heavy (non-hydrogen) atoms. The summed E-state index contributed by atoms with van der Waals surface area (Å²) < 4.78 is 0. The van der Waals surface area contributed by atoms with Crippen molar-refractivity contribution in [3.05, 3.63) is 59.2 Å². The second-order valence-electron chi connectivity index (χ2n) is 4.99. The lowest BCUT2D eigenvalue weighted by molar-refractivity contribution is 0.856. The minimum Gasteiger partial charge on any atom is -0.0622 e. The molecule has 0 aliphatic rings. The highest BCUT2D eigenvalue weighted by atomic mass is 14.2. The van der Waals surface area contributed by atoms with Gasteiger partial charge in [-0.15, -0.1) is 0 Å². The third kappa shape index (κ3) is 2.26. The Balaban J connectivity index is 2.67. The fourth-order valence-electron chi connectivity index (χ4n) is 2.45. The average molecular weight is 224 g/mol. The molecule has 2 aromatic rings.